The number of anilines is 1. The number of nitrogens with zero attached hydrogens (tertiary/aromatic N) is 1. The van der Waals surface area contributed by atoms with E-state index in [0.29, 0.717) is 23.2 Å². The van der Waals surface area contributed by atoms with Crippen molar-refractivity contribution in [3.63, 3.8) is 0 Å². The molecule has 26 heavy (non-hydrogen) atoms. The van der Waals surface area contributed by atoms with E-state index in [1.54, 1.807) is 25.2 Å². The monoisotopic (exact) mass is 360 g/mol. The van der Waals surface area contributed by atoms with Gasteiger partial charge in [0.1, 0.15) is 0 Å². The third-order valence-electron chi connectivity index (χ3n) is 4.39. The highest BCUT2D eigenvalue weighted by Gasteiger charge is 2.16. The molecule has 2 N–H and O–H groups in total. The maximum atomic E-state index is 12.5. The minimum Gasteiger partial charge on any atom is -0.504 e. The lowest BCUT2D eigenvalue weighted by atomic mass is 10.1. The lowest BCUT2D eigenvalue weighted by Gasteiger charge is -2.14. The van der Waals surface area contributed by atoms with Crippen LogP contribution >= 0.6 is 0 Å². The number of rotatable bonds is 9. The molecule has 0 unspecified atom stereocenters. The Balaban J connectivity index is 2.15. The number of ether oxygens (including phenoxy) is 1. The summed E-state index contributed by atoms with van der Waals surface area (Å²) < 4.78 is 7.03. The lowest BCUT2D eigenvalue weighted by molar-refractivity contribution is -0.114. The van der Waals surface area contributed by atoms with Crippen molar-refractivity contribution < 1.29 is 14.6 Å². The van der Waals surface area contributed by atoms with Crippen LogP contribution in [0.4, 0.5) is 5.69 Å². The number of hydrogen-bond donors (Lipinski definition) is 2. The number of aryl methyl sites for hydroxylation is 1. The molecule has 6 heteroatoms. The Morgan fingerprint density at radius 3 is 2.58 bits per heavy atom. The van der Waals surface area contributed by atoms with E-state index in [-0.39, 0.29) is 23.0 Å². The van der Waals surface area contributed by atoms with Gasteiger partial charge >= 0.3 is 0 Å². The van der Waals surface area contributed by atoms with Crippen LogP contribution in [-0.2, 0) is 11.8 Å². The molecular weight excluding hydrogens is 332 g/mol. The molecule has 0 saturated heterocycles. The fraction of sp³-hybridized carbons (Fsp3) is 0.500. The zero-order valence-electron chi connectivity index (χ0n) is 15.8. The Bertz CT molecular complexity index is 827. The van der Waals surface area contributed by atoms with E-state index in [0.717, 1.165) is 19.3 Å². The Kier molecular flexibility index (Phi) is 7.06. The number of amides is 1. The number of fused-ring (bicyclic) bond motifs is 1. The average Bonchev–Trinajstić information content (AvgIpc) is 2.61. The van der Waals surface area contributed by atoms with Crippen LogP contribution < -0.4 is 15.6 Å². The van der Waals surface area contributed by atoms with Gasteiger partial charge < -0.3 is 19.7 Å². The number of unbranched alkanes of at least 4 members (excludes halogenated alkanes) is 5. The molecule has 1 amide bonds. The first-order chi connectivity index (χ1) is 12.5. The zero-order valence-corrected chi connectivity index (χ0v) is 15.8. The van der Waals surface area contributed by atoms with E-state index < -0.39 is 0 Å². The maximum absolute atomic E-state index is 12.5. The number of carbonyl (C=O) groups is 1. The van der Waals surface area contributed by atoms with Gasteiger partial charge in [-0.1, -0.05) is 39.0 Å². The summed E-state index contributed by atoms with van der Waals surface area (Å²) in [6.07, 6.45) is 6.73. The van der Waals surface area contributed by atoms with Crippen molar-refractivity contribution in [1.82, 2.24) is 4.57 Å². The van der Waals surface area contributed by atoms with Crippen LogP contribution in [0.1, 0.15) is 52.4 Å². The van der Waals surface area contributed by atoms with Crippen LogP contribution in [0.25, 0.3) is 10.9 Å². The van der Waals surface area contributed by atoms with Gasteiger partial charge in [0.05, 0.1) is 12.1 Å². The summed E-state index contributed by atoms with van der Waals surface area (Å²) in [7, 11) is 1.62. The number of benzene rings is 1. The molecule has 0 spiro atoms. The molecule has 6 nitrogen and oxygen atoms in total. The summed E-state index contributed by atoms with van der Waals surface area (Å²) in [5, 5.41) is 13.7. The smallest absolute Gasteiger partial charge is 0.297 e. The quantitative estimate of drug-likeness (QED) is 0.664. The molecule has 0 radical (unpaired) electrons. The van der Waals surface area contributed by atoms with E-state index in [9.17, 15) is 14.7 Å². The van der Waals surface area contributed by atoms with Gasteiger partial charge in [0.25, 0.3) is 5.56 Å². The molecule has 1 heterocycles. The summed E-state index contributed by atoms with van der Waals surface area (Å²) in [5.74, 6) is -0.359. The third kappa shape index (κ3) is 4.77. The van der Waals surface area contributed by atoms with Gasteiger partial charge in [0.15, 0.2) is 5.75 Å². The fourth-order valence-electron chi connectivity index (χ4n) is 2.96. The second kappa shape index (κ2) is 9.27. The first-order valence-electron chi connectivity index (χ1n) is 9.21. The molecule has 0 fully saturated rings. The third-order valence-corrected chi connectivity index (χ3v) is 4.39. The molecule has 1 aromatic heterocycles. The van der Waals surface area contributed by atoms with Crippen molar-refractivity contribution >= 4 is 22.5 Å². The summed E-state index contributed by atoms with van der Waals surface area (Å²) in [5.41, 5.74) is 0.715. The Morgan fingerprint density at radius 2 is 1.88 bits per heavy atom. The molecule has 142 valence electrons. The second-order valence-electron chi connectivity index (χ2n) is 6.57. The number of pyridine rings is 1. The van der Waals surface area contributed by atoms with E-state index in [2.05, 4.69) is 12.2 Å². The molecule has 0 atom stereocenters. The fourth-order valence-corrected chi connectivity index (χ4v) is 2.96. The predicted molar refractivity (Wildman–Crippen MR) is 104 cm³/mol. The van der Waals surface area contributed by atoms with Crippen LogP contribution in [0, 0.1) is 0 Å². The molecule has 0 bridgehead atoms. The van der Waals surface area contributed by atoms with Crippen molar-refractivity contribution in [3.05, 3.63) is 28.6 Å². The predicted octanol–water partition coefficient (Wildman–Crippen LogP) is 3.94. The molecule has 0 aliphatic carbocycles. The van der Waals surface area contributed by atoms with Gasteiger partial charge in [-0.15, -0.1) is 0 Å². The van der Waals surface area contributed by atoms with E-state index >= 15 is 0 Å². The van der Waals surface area contributed by atoms with Crippen LogP contribution in [0.3, 0.4) is 0 Å². The Labute approximate surface area is 153 Å². The van der Waals surface area contributed by atoms with Gasteiger partial charge in [0, 0.05) is 25.0 Å². The van der Waals surface area contributed by atoms with Crippen LogP contribution in [-0.4, -0.2) is 22.2 Å². The summed E-state index contributed by atoms with van der Waals surface area (Å²) in [6.45, 7) is 4.00. The van der Waals surface area contributed by atoms with E-state index in [1.807, 2.05) is 0 Å². The molecule has 2 rings (SSSR count). The van der Waals surface area contributed by atoms with Crippen molar-refractivity contribution in [2.24, 2.45) is 7.05 Å². The number of hydrogen-bond acceptors (Lipinski definition) is 4. The lowest BCUT2D eigenvalue weighted by Crippen LogP contribution is -2.20. The second-order valence-corrected chi connectivity index (χ2v) is 6.57. The highest BCUT2D eigenvalue weighted by atomic mass is 16.5. The molecule has 1 aromatic carbocycles. The van der Waals surface area contributed by atoms with Crippen molar-refractivity contribution in [3.8, 4) is 11.5 Å². The topological polar surface area (TPSA) is 80.6 Å². The summed E-state index contributed by atoms with van der Waals surface area (Å²) in [6, 6.07) is 5.02. The number of carbonyl (C=O) groups excluding carboxylic acids is 1. The highest BCUT2D eigenvalue weighted by Crippen LogP contribution is 2.32. The molecular formula is C20H28N2O4. The zero-order chi connectivity index (χ0) is 19.1. The minimum atomic E-state index is -0.388. The van der Waals surface area contributed by atoms with E-state index in [4.69, 9.17) is 4.74 Å². The Hall–Kier alpha value is -2.50. The number of aromatic hydroxyl groups is 1. The standard InChI is InChI=1S/C20H28N2O4/c1-4-5-6-7-8-9-12-26-19-18(24)16-11-10-15(21-14(2)23)13-17(16)22(3)20(19)25/h10-11,13,24H,4-9,12H2,1-3H3,(H,21,23). The normalized spacial score (nSPS) is 10.9. The summed E-state index contributed by atoms with van der Waals surface area (Å²) in [4.78, 5) is 23.7. The van der Waals surface area contributed by atoms with Gasteiger partial charge in [0.2, 0.25) is 11.7 Å². The van der Waals surface area contributed by atoms with Crippen LogP contribution in [0.15, 0.2) is 23.0 Å². The first kappa shape index (κ1) is 19.8. The number of nitrogens with one attached hydrogen (secondary N) is 1. The van der Waals surface area contributed by atoms with Gasteiger partial charge in [-0.25, -0.2) is 0 Å². The maximum Gasteiger partial charge on any atom is 0.297 e. The Morgan fingerprint density at radius 1 is 1.19 bits per heavy atom. The molecule has 0 aliphatic rings. The average molecular weight is 360 g/mol. The molecule has 0 aliphatic heterocycles. The van der Waals surface area contributed by atoms with Gasteiger partial charge in [-0.3, -0.25) is 9.59 Å². The van der Waals surface area contributed by atoms with Crippen molar-refractivity contribution in [2.45, 2.75) is 52.4 Å². The largest absolute Gasteiger partial charge is 0.504 e. The van der Waals surface area contributed by atoms with E-state index in [1.165, 1.54) is 30.8 Å². The molecule has 0 saturated carbocycles. The van der Waals surface area contributed by atoms with Crippen molar-refractivity contribution in [1.29, 1.82) is 0 Å². The highest BCUT2D eigenvalue weighted by molar-refractivity contribution is 5.94. The van der Waals surface area contributed by atoms with Crippen LogP contribution in [0.5, 0.6) is 11.5 Å². The minimum absolute atomic E-state index is 0.0131. The SMILES string of the molecule is CCCCCCCCOc1c(O)c2ccc(NC(C)=O)cc2n(C)c1=O. The van der Waals surface area contributed by atoms with Gasteiger partial charge in [-0.2, -0.15) is 0 Å². The van der Waals surface area contributed by atoms with Crippen LogP contribution in [0.2, 0.25) is 0 Å². The number of aromatic nitrogens is 1. The first-order valence-corrected chi connectivity index (χ1v) is 9.21. The molecule has 2 aromatic rings. The van der Waals surface area contributed by atoms with Crippen molar-refractivity contribution in [2.75, 3.05) is 11.9 Å². The summed E-state index contributed by atoms with van der Waals surface area (Å²) >= 11 is 0. The van der Waals surface area contributed by atoms with Gasteiger partial charge in [-0.05, 0) is 24.6 Å².